The van der Waals surface area contributed by atoms with Gasteiger partial charge in [-0.05, 0) is 38.7 Å². The molecule has 2 unspecified atom stereocenters. The lowest BCUT2D eigenvalue weighted by Crippen LogP contribution is -2.49. The van der Waals surface area contributed by atoms with Gasteiger partial charge in [0.05, 0.1) is 11.7 Å². The van der Waals surface area contributed by atoms with E-state index in [1.54, 1.807) is 13.1 Å². The molecule has 0 amide bonds. The lowest BCUT2D eigenvalue weighted by molar-refractivity contribution is 0.386. The van der Waals surface area contributed by atoms with Crippen LogP contribution in [0, 0.1) is 25.6 Å². The largest absolute Gasteiger partial charge is 0.354 e. The van der Waals surface area contributed by atoms with Gasteiger partial charge in [-0.25, -0.2) is 24.3 Å². The minimum atomic E-state index is -0.298. The molecule has 6 nitrogen and oxygen atoms in total. The van der Waals surface area contributed by atoms with Crippen molar-refractivity contribution in [1.82, 2.24) is 19.9 Å². The summed E-state index contributed by atoms with van der Waals surface area (Å²) in [5.74, 6) is 2.45. The van der Waals surface area contributed by atoms with Gasteiger partial charge in [0, 0.05) is 25.8 Å². The van der Waals surface area contributed by atoms with Crippen molar-refractivity contribution in [2.45, 2.75) is 32.7 Å². The van der Waals surface area contributed by atoms with Gasteiger partial charge in [-0.3, -0.25) is 0 Å². The van der Waals surface area contributed by atoms with E-state index in [2.05, 4.69) is 29.7 Å². The van der Waals surface area contributed by atoms with Crippen LogP contribution < -0.4 is 9.80 Å². The number of piperidine rings is 1. The molecule has 0 spiro atoms. The minimum absolute atomic E-state index is 0.262. The molecule has 2 atom stereocenters. The minimum Gasteiger partial charge on any atom is -0.354 e. The van der Waals surface area contributed by atoms with Crippen LogP contribution in [-0.2, 0) is 0 Å². The fraction of sp³-hybridized carbons (Fsp3) is 0.529. The molecule has 0 radical (unpaired) electrons. The molecule has 0 N–H and O–H groups in total. The van der Waals surface area contributed by atoms with Gasteiger partial charge in [-0.2, -0.15) is 0 Å². The smallest absolute Gasteiger partial charge is 0.186 e. The van der Waals surface area contributed by atoms with Crippen molar-refractivity contribution in [2.75, 3.05) is 29.4 Å². The summed E-state index contributed by atoms with van der Waals surface area (Å²) in [7, 11) is 0. The second-order valence-electron chi connectivity index (χ2n) is 6.60. The van der Waals surface area contributed by atoms with E-state index in [1.807, 2.05) is 13.0 Å². The molecular weight excluding hydrogens is 307 g/mol. The molecule has 0 aliphatic carbocycles. The maximum atomic E-state index is 14.5. The molecule has 24 heavy (non-hydrogen) atoms. The zero-order valence-corrected chi connectivity index (χ0v) is 14.0. The van der Waals surface area contributed by atoms with Gasteiger partial charge in [0.2, 0.25) is 0 Å². The third-order valence-corrected chi connectivity index (χ3v) is 5.17. The highest BCUT2D eigenvalue weighted by Gasteiger charge is 2.40. The van der Waals surface area contributed by atoms with Crippen LogP contribution in [0.3, 0.4) is 0 Å². The first kappa shape index (κ1) is 15.2. The molecule has 2 aromatic heterocycles. The molecular formula is C17H21FN6. The van der Waals surface area contributed by atoms with E-state index >= 15 is 0 Å². The van der Waals surface area contributed by atoms with Crippen LogP contribution >= 0.6 is 0 Å². The lowest BCUT2D eigenvalue weighted by atomic mass is 9.92. The standard InChI is InChI=1S/C17H21FN6/c1-11-16(18)17(21-10-20-11)24-8-5-13-4-7-23(9-14(13)24)15-3-6-19-12(2)22-15/h3,6,10,13-14H,4-5,7-9H2,1-2H3. The van der Waals surface area contributed by atoms with Gasteiger partial charge < -0.3 is 9.80 Å². The Bertz CT molecular complexity index is 752. The first-order chi connectivity index (χ1) is 11.6. The number of rotatable bonds is 2. The number of aryl methyl sites for hydroxylation is 2. The predicted molar refractivity (Wildman–Crippen MR) is 89.6 cm³/mol. The van der Waals surface area contributed by atoms with Crippen LogP contribution in [-0.4, -0.2) is 45.6 Å². The average molecular weight is 328 g/mol. The second kappa shape index (κ2) is 5.96. The third kappa shape index (κ3) is 2.57. The van der Waals surface area contributed by atoms with E-state index in [9.17, 15) is 4.39 Å². The molecule has 2 aliphatic heterocycles. The summed E-state index contributed by atoms with van der Waals surface area (Å²) in [6, 6.07) is 2.21. The number of aromatic nitrogens is 4. The molecule has 2 fully saturated rings. The molecule has 0 bridgehead atoms. The van der Waals surface area contributed by atoms with Crippen LogP contribution in [0.25, 0.3) is 0 Å². The van der Waals surface area contributed by atoms with Gasteiger partial charge in [0.15, 0.2) is 11.6 Å². The second-order valence-corrected chi connectivity index (χ2v) is 6.60. The van der Waals surface area contributed by atoms with Gasteiger partial charge in [-0.15, -0.1) is 0 Å². The third-order valence-electron chi connectivity index (χ3n) is 5.17. The zero-order valence-electron chi connectivity index (χ0n) is 14.0. The molecule has 2 saturated heterocycles. The van der Waals surface area contributed by atoms with Crippen molar-refractivity contribution in [3.63, 3.8) is 0 Å². The first-order valence-corrected chi connectivity index (χ1v) is 8.42. The maximum Gasteiger partial charge on any atom is 0.186 e. The molecule has 2 aliphatic rings. The number of hydrogen-bond acceptors (Lipinski definition) is 6. The molecule has 4 heterocycles. The zero-order chi connectivity index (χ0) is 16.7. The van der Waals surface area contributed by atoms with Gasteiger partial charge in [0.1, 0.15) is 18.0 Å². The van der Waals surface area contributed by atoms with Crippen molar-refractivity contribution in [3.05, 3.63) is 35.9 Å². The Balaban J connectivity index is 1.61. The maximum absolute atomic E-state index is 14.5. The van der Waals surface area contributed by atoms with Crippen molar-refractivity contribution in [3.8, 4) is 0 Å². The Hall–Kier alpha value is -2.31. The average Bonchev–Trinajstić information content (AvgIpc) is 3.00. The van der Waals surface area contributed by atoms with E-state index in [1.165, 1.54) is 6.33 Å². The molecule has 0 aromatic carbocycles. The summed E-state index contributed by atoms with van der Waals surface area (Å²) in [5, 5.41) is 0. The van der Waals surface area contributed by atoms with Gasteiger partial charge >= 0.3 is 0 Å². The van der Waals surface area contributed by atoms with Crippen LogP contribution in [0.4, 0.5) is 16.0 Å². The van der Waals surface area contributed by atoms with Crippen molar-refractivity contribution >= 4 is 11.6 Å². The van der Waals surface area contributed by atoms with Crippen LogP contribution in [0.1, 0.15) is 24.4 Å². The summed E-state index contributed by atoms with van der Waals surface area (Å²) >= 11 is 0. The highest BCUT2D eigenvalue weighted by Crippen LogP contribution is 2.36. The monoisotopic (exact) mass is 328 g/mol. The van der Waals surface area contributed by atoms with Gasteiger partial charge in [-0.1, -0.05) is 0 Å². The number of anilines is 2. The lowest BCUT2D eigenvalue weighted by Gasteiger charge is -2.39. The number of halogens is 1. The van der Waals surface area contributed by atoms with Crippen molar-refractivity contribution in [1.29, 1.82) is 0 Å². The van der Waals surface area contributed by atoms with Crippen molar-refractivity contribution in [2.24, 2.45) is 5.92 Å². The van der Waals surface area contributed by atoms with E-state index in [4.69, 9.17) is 0 Å². The Kier molecular flexibility index (Phi) is 3.78. The van der Waals surface area contributed by atoms with Crippen molar-refractivity contribution < 1.29 is 4.39 Å². The molecule has 2 aromatic rings. The van der Waals surface area contributed by atoms with E-state index in [0.29, 0.717) is 17.4 Å². The number of hydrogen-bond donors (Lipinski definition) is 0. The SMILES string of the molecule is Cc1nccc(N2CCC3CCN(c4ncnc(C)c4F)C3C2)n1. The highest BCUT2D eigenvalue weighted by molar-refractivity contribution is 5.47. The summed E-state index contributed by atoms with van der Waals surface area (Å²) in [4.78, 5) is 21.3. The quantitative estimate of drug-likeness (QED) is 0.842. The number of fused-ring (bicyclic) bond motifs is 1. The summed E-state index contributed by atoms with van der Waals surface area (Å²) in [5.41, 5.74) is 0.405. The molecule has 7 heteroatoms. The molecule has 126 valence electrons. The number of nitrogens with zero attached hydrogens (tertiary/aromatic N) is 6. The van der Waals surface area contributed by atoms with Crippen LogP contribution in [0.15, 0.2) is 18.6 Å². The topological polar surface area (TPSA) is 58.0 Å². The summed E-state index contributed by atoms with van der Waals surface area (Å²) < 4.78 is 14.5. The molecule has 4 rings (SSSR count). The van der Waals surface area contributed by atoms with Crippen LogP contribution in [0.5, 0.6) is 0 Å². The van der Waals surface area contributed by atoms with E-state index < -0.39 is 0 Å². The first-order valence-electron chi connectivity index (χ1n) is 8.42. The van der Waals surface area contributed by atoms with E-state index in [-0.39, 0.29) is 11.9 Å². The Morgan fingerprint density at radius 1 is 1.12 bits per heavy atom. The van der Waals surface area contributed by atoms with Crippen LogP contribution in [0.2, 0.25) is 0 Å². The Morgan fingerprint density at radius 3 is 2.79 bits per heavy atom. The summed E-state index contributed by atoms with van der Waals surface area (Å²) in [6.45, 7) is 6.25. The highest BCUT2D eigenvalue weighted by atomic mass is 19.1. The molecule has 0 saturated carbocycles. The predicted octanol–water partition coefficient (Wildman–Crippen LogP) is 2.13. The fourth-order valence-electron chi connectivity index (χ4n) is 3.88. The fourth-order valence-corrected chi connectivity index (χ4v) is 3.88. The summed E-state index contributed by atoms with van der Waals surface area (Å²) in [6.07, 6.45) is 5.43. The van der Waals surface area contributed by atoms with Gasteiger partial charge in [0.25, 0.3) is 0 Å². The Morgan fingerprint density at radius 2 is 1.96 bits per heavy atom. The van der Waals surface area contributed by atoms with E-state index in [0.717, 1.165) is 44.1 Å². The Labute approximate surface area is 140 Å². The normalized spacial score (nSPS) is 23.5.